The summed E-state index contributed by atoms with van der Waals surface area (Å²) in [5, 5.41) is 0. The average molecular weight is 290 g/mol. The zero-order valence-electron chi connectivity index (χ0n) is 11.9. The summed E-state index contributed by atoms with van der Waals surface area (Å²) in [5.74, 6) is -3.05. The molecule has 0 radical (unpaired) electrons. The Labute approximate surface area is 122 Å². The van der Waals surface area contributed by atoms with Crippen molar-refractivity contribution in [2.45, 2.75) is 19.9 Å². The van der Waals surface area contributed by atoms with E-state index in [0.29, 0.717) is 6.54 Å². The largest absolute Gasteiger partial charge is 0.337 e. The van der Waals surface area contributed by atoms with E-state index in [2.05, 4.69) is 11.9 Å². The van der Waals surface area contributed by atoms with E-state index in [4.69, 9.17) is 0 Å². The minimum absolute atomic E-state index is 0.310. The fourth-order valence-electron chi connectivity index (χ4n) is 2.02. The molecule has 1 amide bonds. The number of halogens is 2. The molecule has 0 spiro atoms. The first-order valence-electron chi connectivity index (χ1n) is 6.66. The Morgan fingerprint density at radius 1 is 1.14 bits per heavy atom. The van der Waals surface area contributed by atoms with Gasteiger partial charge < -0.3 is 4.90 Å². The van der Waals surface area contributed by atoms with Crippen LogP contribution in [0.5, 0.6) is 0 Å². The number of hydrogen-bond acceptors (Lipinski definition) is 2. The molecule has 0 unspecified atom stereocenters. The standard InChI is InChI=1S/C16H16F2N2O/c1-3-11-4-6-12(7-5-11)10-20(2)16(21)13-8-9-19-15(18)14(13)17/h4-9H,3,10H2,1-2H3. The smallest absolute Gasteiger partial charge is 0.257 e. The predicted molar refractivity (Wildman–Crippen MR) is 75.8 cm³/mol. The lowest BCUT2D eigenvalue weighted by molar-refractivity contribution is 0.0779. The summed E-state index contributed by atoms with van der Waals surface area (Å²) < 4.78 is 26.6. The summed E-state index contributed by atoms with van der Waals surface area (Å²) in [6, 6.07) is 9.00. The van der Waals surface area contributed by atoms with Gasteiger partial charge in [-0.2, -0.15) is 4.39 Å². The van der Waals surface area contributed by atoms with Gasteiger partial charge in [0.25, 0.3) is 5.91 Å². The minimum atomic E-state index is -1.26. The summed E-state index contributed by atoms with van der Waals surface area (Å²) in [6.07, 6.45) is 2.02. The first-order chi connectivity index (χ1) is 10.0. The van der Waals surface area contributed by atoms with E-state index in [1.54, 1.807) is 7.05 Å². The van der Waals surface area contributed by atoms with Crippen LogP contribution in [0.15, 0.2) is 36.5 Å². The van der Waals surface area contributed by atoms with Crippen LogP contribution in [0.4, 0.5) is 8.78 Å². The maximum atomic E-state index is 13.6. The Morgan fingerprint density at radius 3 is 2.38 bits per heavy atom. The molecule has 3 nitrogen and oxygen atoms in total. The van der Waals surface area contributed by atoms with E-state index in [1.807, 2.05) is 24.3 Å². The topological polar surface area (TPSA) is 33.2 Å². The summed E-state index contributed by atoms with van der Waals surface area (Å²) in [4.78, 5) is 16.7. The fourth-order valence-corrected chi connectivity index (χ4v) is 2.02. The second-order valence-corrected chi connectivity index (χ2v) is 4.79. The van der Waals surface area contributed by atoms with Crippen molar-refractivity contribution in [2.24, 2.45) is 0 Å². The number of hydrogen-bond donors (Lipinski definition) is 0. The molecule has 2 rings (SSSR count). The van der Waals surface area contributed by atoms with E-state index < -0.39 is 17.7 Å². The van der Waals surface area contributed by atoms with E-state index in [1.165, 1.54) is 16.5 Å². The number of aryl methyl sites for hydroxylation is 1. The number of benzene rings is 1. The molecule has 1 aromatic carbocycles. The Bertz CT molecular complexity index is 641. The second-order valence-electron chi connectivity index (χ2n) is 4.79. The maximum absolute atomic E-state index is 13.6. The van der Waals surface area contributed by atoms with Crippen LogP contribution in [-0.2, 0) is 13.0 Å². The van der Waals surface area contributed by atoms with Crippen molar-refractivity contribution in [2.75, 3.05) is 7.05 Å². The highest BCUT2D eigenvalue weighted by Gasteiger charge is 2.19. The second kappa shape index (κ2) is 6.43. The molecular formula is C16H16F2N2O. The van der Waals surface area contributed by atoms with Crippen LogP contribution in [0, 0.1) is 11.8 Å². The van der Waals surface area contributed by atoms with E-state index >= 15 is 0 Å². The molecule has 0 atom stereocenters. The van der Waals surface area contributed by atoms with Gasteiger partial charge in [0, 0.05) is 19.8 Å². The molecule has 0 aliphatic carbocycles. The molecule has 1 heterocycles. The van der Waals surface area contributed by atoms with Crippen molar-refractivity contribution in [3.63, 3.8) is 0 Å². The van der Waals surface area contributed by atoms with Crippen LogP contribution < -0.4 is 0 Å². The van der Waals surface area contributed by atoms with Crippen molar-refractivity contribution in [1.29, 1.82) is 0 Å². The Kier molecular flexibility index (Phi) is 4.62. The van der Waals surface area contributed by atoms with Gasteiger partial charge in [-0.3, -0.25) is 4.79 Å². The number of rotatable bonds is 4. The number of amides is 1. The van der Waals surface area contributed by atoms with Gasteiger partial charge in [-0.25, -0.2) is 9.37 Å². The van der Waals surface area contributed by atoms with Gasteiger partial charge in [0.2, 0.25) is 5.95 Å². The van der Waals surface area contributed by atoms with E-state index in [-0.39, 0.29) is 5.56 Å². The van der Waals surface area contributed by atoms with Crippen LogP contribution in [0.3, 0.4) is 0 Å². The molecule has 0 N–H and O–H groups in total. The number of carbonyl (C=O) groups excluding carboxylic acids is 1. The first kappa shape index (κ1) is 15.1. The Hall–Kier alpha value is -2.30. The average Bonchev–Trinajstić information content (AvgIpc) is 2.50. The van der Waals surface area contributed by atoms with Crippen molar-refractivity contribution in [3.8, 4) is 0 Å². The zero-order valence-corrected chi connectivity index (χ0v) is 11.9. The number of pyridine rings is 1. The quantitative estimate of drug-likeness (QED) is 0.810. The number of carbonyl (C=O) groups is 1. The van der Waals surface area contributed by atoms with Crippen molar-refractivity contribution < 1.29 is 13.6 Å². The third kappa shape index (κ3) is 3.42. The van der Waals surface area contributed by atoms with Crippen LogP contribution in [0.25, 0.3) is 0 Å². The molecule has 0 saturated carbocycles. The summed E-state index contributed by atoms with van der Waals surface area (Å²) in [5.41, 5.74) is 1.82. The van der Waals surface area contributed by atoms with Crippen LogP contribution in [-0.4, -0.2) is 22.8 Å². The fraction of sp³-hybridized carbons (Fsp3) is 0.250. The SMILES string of the molecule is CCc1ccc(CN(C)C(=O)c2ccnc(F)c2F)cc1. The lowest BCUT2D eigenvalue weighted by Gasteiger charge is -2.17. The summed E-state index contributed by atoms with van der Waals surface area (Å²) in [6.45, 7) is 2.39. The van der Waals surface area contributed by atoms with Gasteiger partial charge >= 0.3 is 0 Å². The van der Waals surface area contributed by atoms with Crippen LogP contribution >= 0.6 is 0 Å². The maximum Gasteiger partial charge on any atom is 0.257 e. The summed E-state index contributed by atoms with van der Waals surface area (Å²) >= 11 is 0. The third-order valence-electron chi connectivity index (χ3n) is 3.27. The third-order valence-corrected chi connectivity index (χ3v) is 3.27. The van der Waals surface area contributed by atoms with E-state index in [9.17, 15) is 13.6 Å². The Balaban J connectivity index is 2.13. The molecule has 110 valence electrons. The lowest BCUT2D eigenvalue weighted by Crippen LogP contribution is -2.27. The molecule has 2 aromatic rings. The molecule has 1 aromatic heterocycles. The first-order valence-corrected chi connectivity index (χ1v) is 6.66. The molecule has 0 aliphatic rings. The number of aromatic nitrogens is 1. The Morgan fingerprint density at radius 2 is 1.76 bits per heavy atom. The molecule has 0 bridgehead atoms. The summed E-state index contributed by atoms with van der Waals surface area (Å²) in [7, 11) is 1.55. The van der Waals surface area contributed by atoms with Gasteiger partial charge in [-0.1, -0.05) is 31.2 Å². The van der Waals surface area contributed by atoms with Crippen molar-refractivity contribution in [1.82, 2.24) is 9.88 Å². The molecule has 0 saturated heterocycles. The van der Waals surface area contributed by atoms with Crippen molar-refractivity contribution >= 4 is 5.91 Å². The van der Waals surface area contributed by atoms with Crippen molar-refractivity contribution in [3.05, 3.63) is 65.0 Å². The molecule has 0 fully saturated rings. The minimum Gasteiger partial charge on any atom is -0.337 e. The van der Waals surface area contributed by atoms with Crippen LogP contribution in [0.1, 0.15) is 28.4 Å². The van der Waals surface area contributed by atoms with Gasteiger partial charge in [0.15, 0.2) is 5.82 Å². The molecule has 21 heavy (non-hydrogen) atoms. The zero-order chi connectivity index (χ0) is 15.4. The highest BCUT2D eigenvalue weighted by Crippen LogP contribution is 2.14. The van der Waals surface area contributed by atoms with E-state index in [0.717, 1.165) is 18.2 Å². The lowest BCUT2D eigenvalue weighted by atomic mass is 10.1. The normalized spacial score (nSPS) is 10.5. The van der Waals surface area contributed by atoms with Gasteiger partial charge in [-0.05, 0) is 23.6 Å². The monoisotopic (exact) mass is 290 g/mol. The predicted octanol–water partition coefficient (Wildman–Crippen LogP) is 3.19. The molecular weight excluding hydrogens is 274 g/mol. The van der Waals surface area contributed by atoms with Gasteiger partial charge in [0.1, 0.15) is 0 Å². The van der Waals surface area contributed by atoms with Crippen LogP contribution in [0.2, 0.25) is 0 Å². The highest BCUT2D eigenvalue weighted by molar-refractivity contribution is 5.94. The number of nitrogens with zero attached hydrogens (tertiary/aromatic N) is 2. The van der Waals surface area contributed by atoms with Gasteiger partial charge in [-0.15, -0.1) is 0 Å². The molecule has 5 heteroatoms. The van der Waals surface area contributed by atoms with Gasteiger partial charge in [0.05, 0.1) is 5.56 Å². The molecule has 0 aliphatic heterocycles. The highest BCUT2D eigenvalue weighted by atomic mass is 19.2.